The van der Waals surface area contributed by atoms with Crippen molar-refractivity contribution in [3.8, 4) is 0 Å². The smallest absolute Gasteiger partial charge is 0.00504 e. The van der Waals surface area contributed by atoms with E-state index in [0.29, 0.717) is 5.92 Å². The molecule has 0 amide bonds. The molecule has 0 aliphatic carbocycles. The largest absolute Gasteiger partial charge is 0.0879 e. The molecule has 0 heteroatoms. The van der Waals surface area contributed by atoms with E-state index in [1.807, 2.05) is 6.08 Å². The molecular weight excluding hydrogens is 156 g/mol. The minimum atomic E-state index is 0.497. The van der Waals surface area contributed by atoms with Gasteiger partial charge in [-0.15, -0.1) is 0 Å². The first-order valence-corrected chi connectivity index (χ1v) is 5.56. The lowest BCUT2D eigenvalue weighted by Crippen LogP contribution is -1.90. The molecule has 0 saturated carbocycles. The number of hydrogen-bond acceptors (Lipinski definition) is 0. The molecule has 1 unspecified atom stereocenters. The van der Waals surface area contributed by atoms with Gasteiger partial charge in [0, 0.05) is 0 Å². The summed E-state index contributed by atoms with van der Waals surface area (Å²) in [5.41, 5.74) is 0. The van der Waals surface area contributed by atoms with Crippen LogP contribution in [0.15, 0.2) is 18.2 Å². The SMILES string of the molecule is [CH]=CC(C=CCCCC)CCCC. The third-order valence-electron chi connectivity index (χ3n) is 2.25. The highest BCUT2D eigenvalue weighted by molar-refractivity contribution is 4.95. The molecule has 1 atom stereocenters. The molecule has 13 heavy (non-hydrogen) atoms. The van der Waals surface area contributed by atoms with Crippen LogP contribution in [0.5, 0.6) is 0 Å². The molecule has 0 N–H and O–H groups in total. The zero-order chi connectivity index (χ0) is 9.94. The Morgan fingerprint density at radius 3 is 2.38 bits per heavy atom. The topological polar surface area (TPSA) is 0 Å². The lowest BCUT2D eigenvalue weighted by Gasteiger charge is -2.04. The van der Waals surface area contributed by atoms with E-state index in [4.69, 9.17) is 6.58 Å². The van der Waals surface area contributed by atoms with Crippen molar-refractivity contribution >= 4 is 0 Å². The van der Waals surface area contributed by atoms with Gasteiger partial charge in [-0.2, -0.15) is 0 Å². The van der Waals surface area contributed by atoms with Gasteiger partial charge in [0.2, 0.25) is 0 Å². The van der Waals surface area contributed by atoms with E-state index in [0.717, 1.165) is 0 Å². The van der Waals surface area contributed by atoms with Crippen LogP contribution in [0.1, 0.15) is 52.4 Å². The molecule has 0 aromatic carbocycles. The van der Waals surface area contributed by atoms with Crippen LogP contribution in [-0.4, -0.2) is 0 Å². The van der Waals surface area contributed by atoms with Gasteiger partial charge in [0.05, 0.1) is 0 Å². The van der Waals surface area contributed by atoms with Gasteiger partial charge in [0.15, 0.2) is 0 Å². The summed E-state index contributed by atoms with van der Waals surface area (Å²) in [5, 5.41) is 0. The second kappa shape index (κ2) is 9.57. The summed E-state index contributed by atoms with van der Waals surface area (Å²) in [7, 11) is 0. The quantitative estimate of drug-likeness (QED) is 0.379. The highest BCUT2D eigenvalue weighted by atomic mass is 14.0. The van der Waals surface area contributed by atoms with Crippen molar-refractivity contribution < 1.29 is 0 Å². The fourth-order valence-corrected chi connectivity index (χ4v) is 1.29. The number of unbranched alkanes of at least 4 members (excludes halogenated alkanes) is 3. The Morgan fingerprint density at radius 1 is 1.15 bits per heavy atom. The van der Waals surface area contributed by atoms with Crippen LogP contribution in [0.4, 0.5) is 0 Å². The molecular formula is C13H23. The van der Waals surface area contributed by atoms with Crippen molar-refractivity contribution in [1.29, 1.82) is 0 Å². The van der Waals surface area contributed by atoms with Gasteiger partial charge >= 0.3 is 0 Å². The Morgan fingerprint density at radius 2 is 1.85 bits per heavy atom. The van der Waals surface area contributed by atoms with Crippen LogP contribution in [0.3, 0.4) is 0 Å². The lowest BCUT2D eigenvalue weighted by atomic mass is 10.0. The van der Waals surface area contributed by atoms with E-state index in [-0.39, 0.29) is 0 Å². The number of allylic oxidation sites excluding steroid dienone is 3. The maximum absolute atomic E-state index is 5.55. The number of rotatable bonds is 8. The minimum absolute atomic E-state index is 0.497. The Labute approximate surface area is 83.7 Å². The van der Waals surface area contributed by atoms with Crippen LogP contribution in [0.25, 0.3) is 0 Å². The van der Waals surface area contributed by atoms with Gasteiger partial charge in [-0.25, -0.2) is 0 Å². The molecule has 0 aromatic heterocycles. The van der Waals surface area contributed by atoms with Gasteiger partial charge in [-0.1, -0.05) is 64.3 Å². The Bertz CT molecular complexity index is 133. The van der Waals surface area contributed by atoms with E-state index in [9.17, 15) is 0 Å². The molecule has 0 aliphatic rings. The molecule has 0 nitrogen and oxygen atoms in total. The van der Waals surface area contributed by atoms with E-state index < -0.39 is 0 Å². The van der Waals surface area contributed by atoms with Crippen molar-refractivity contribution in [2.24, 2.45) is 5.92 Å². The summed E-state index contributed by atoms with van der Waals surface area (Å²) >= 11 is 0. The summed E-state index contributed by atoms with van der Waals surface area (Å²) in [6, 6.07) is 0. The zero-order valence-electron chi connectivity index (χ0n) is 9.13. The molecule has 0 bridgehead atoms. The highest BCUT2D eigenvalue weighted by Gasteiger charge is 1.96. The molecule has 0 aliphatic heterocycles. The fourth-order valence-electron chi connectivity index (χ4n) is 1.29. The molecule has 75 valence electrons. The first-order chi connectivity index (χ1) is 6.35. The fraction of sp³-hybridized carbons (Fsp3) is 0.692. The van der Waals surface area contributed by atoms with Gasteiger partial charge in [0.25, 0.3) is 0 Å². The molecule has 0 saturated heterocycles. The first-order valence-electron chi connectivity index (χ1n) is 5.56. The summed E-state index contributed by atoms with van der Waals surface area (Å²) in [6.07, 6.45) is 13.8. The monoisotopic (exact) mass is 179 g/mol. The molecule has 0 rings (SSSR count). The van der Waals surface area contributed by atoms with Crippen molar-refractivity contribution in [3.05, 3.63) is 24.8 Å². The summed E-state index contributed by atoms with van der Waals surface area (Å²) in [5.74, 6) is 0.497. The van der Waals surface area contributed by atoms with Crippen molar-refractivity contribution in [2.45, 2.75) is 52.4 Å². The van der Waals surface area contributed by atoms with Crippen LogP contribution in [0.2, 0.25) is 0 Å². The van der Waals surface area contributed by atoms with E-state index in [2.05, 4.69) is 26.0 Å². The summed E-state index contributed by atoms with van der Waals surface area (Å²) < 4.78 is 0. The molecule has 0 aromatic rings. The van der Waals surface area contributed by atoms with E-state index in [1.165, 1.54) is 38.5 Å². The third-order valence-corrected chi connectivity index (χ3v) is 2.25. The minimum Gasteiger partial charge on any atom is -0.0879 e. The van der Waals surface area contributed by atoms with Crippen molar-refractivity contribution in [3.63, 3.8) is 0 Å². The predicted octanol–water partition coefficient (Wildman–Crippen LogP) is 4.53. The van der Waals surface area contributed by atoms with Crippen LogP contribution >= 0.6 is 0 Å². The maximum Gasteiger partial charge on any atom is -0.00504 e. The predicted molar refractivity (Wildman–Crippen MR) is 60.6 cm³/mol. The van der Waals surface area contributed by atoms with Crippen LogP contribution in [0, 0.1) is 12.5 Å². The summed E-state index contributed by atoms with van der Waals surface area (Å²) in [6.45, 7) is 9.99. The van der Waals surface area contributed by atoms with Crippen LogP contribution in [-0.2, 0) is 0 Å². The molecule has 0 fully saturated rings. The van der Waals surface area contributed by atoms with Crippen molar-refractivity contribution in [1.82, 2.24) is 0 Å². The molecule has 0 spiro atoms. The van der Waals surface area contributed by atoms with E-state index >= 15 is 0 Å². The first kappa shape index (κ1) is 12.5. The Balaban J connectivity index is 3.56. The van der Waals surface area contributed by atoms with E-state index in [1.54, 1.807) is 0 Å². The second-order valence-electron chi connectivity index (χ2n) is 3.57. The Hall–Kier alpha value is -0.520. The Kier molecular flexibility index (Phi) is 9.18. The average Bonchev–Trinajstić information content (AvgIpc) is 2.17. The molecule has 0 heterocycles. The standard InChI is InChI=1S/C13H23/c1-4-7-9-10-12-13(6-3)11-8-5-2/h3,6,10,12-13H,4-5,7-9,11H2,1-2H3. The zero-order valence-corrected chi connectivity index (χ0v) is 9.13. The van der Waals surface area contributed by atoms with Gasteiger partial charge < -0.3 is 0 Å². The van der Waals surface area contributed by atoms with Crippen LogP contribution < -0.4 is 0 Å². The highest BCUT2D eigenvalue weighted by Crippen LogP contribution is 2.11. The molecule has 1 radical (unpaired) electrons. The van der Waals surface area contributed by atoms with Gasteiger partial charge in [0.1, 0.15) is 0 Å². The third kappa shape index (κ3) is 7.83. The van der Waals surface area contributed by atoms with Crippen molar-refractivity contribution in [2.75, 3.05) is 0 Å². The summed E-state index contributed by atoms with van der Waals surface area (Å²) in [4.78, 5) is 0. The van der Waals surface area contributed by atoms with Gasteiger partial charge in [-0.3, -0.25) is 0 Å². The van der Waals surface area contributed by atoms with Gasteiger partial charge in [-0.05, 0) is 18.8 Å². The maximum atomic E-state index is 5.55. The number of hydrogen-bond donors (Lipinski definition) is 0. The average molecular weight is 179 g/mol. The lowest BCUT2D eigenvalue weighted by molar-refractivity contribution is 0.640. The normalized spacial score (nSPS) is 13.4. The second-order valence-corrected chi connectivity index (χ2v) is 3.57.